The molecule has 3 aliphatic heterocycles. The Kier molecular flexibility index (Phi) is 43.3. The van der Waals surface area contributed by atoms with Gasteiger partial charge in [-0.15, -0.1) is 0 Å². The van der Waals surface area contributed by atoms with Crippen LogP contribution in [0.15, 0.2) is 72.9 Å². The van der Waals surface area contributed by atoms with E-state index in [0.29, 0.717) is 6.42 Å². The summed E-state index contributed by atoms with van der Waals surface area (Å²) in [6.45, 7) is 1.59. The fraction of sp³-hybridized carbons (Fsp3) is 0.803. The maximum absolute atomic E-state index is 13.4. The number of hydrogen-bond acceptors (Lipinski definition) is 18. The molecule has 492 valence electrons. The Morgan fingerprint density at radius 3 is 1.27 bits per heavy atom. The molecule has 0 bridgehead atoms. The minimum atomic E-state index is -1.98. The molecule has 12 N–H and O–H groups in total. The predicted octanol–water partition coefficient (Wildman–Crippen LogP) is 7.38. The predicted molar refractivity (Wildman–Crippen MR) is 328 cm³/mol. The van der Waals surface area contributed by atoms with Gasteiger partial charge in [-0.2, -0.15) is 0 Å². The van der Waals surface area contributed by atoms with Crippen molar-refractivity contribution in [3.63, 3.8) is 0 Å². The molecule has 0 radical (unpaired) electrons. The fourth-order valence-electron chi connectivity index (χ4n) is 10.7. The van der Waals surface area contributed by atoms with Crippen LogP contribution < -0.4 is 5.32 Å². The summed E-state index contributed by atoms with van der Waals surface area (Å²) < 4.78 is 34.3. The summed E-state index contributed by atoms with van der Waals surface area (Å²) in [6, 6.07) is -0.977. The summed E-state index contributed by atoms with van der Waals surface area (Å²) in [5, 5.41) is 120. The lowest BCUT2D eigenvalue weighted by Crippen LogP contribution is -2.66. The topological polar surface area (TPSA) is 307 Å². The van der Waals surface area contributed by atoms with Crippen LogP contribution in [0.4, 0.5) is 0 Å². The van der Waals surface area contributed by atoms with Gasteiger partial charge in [-0.1, -0.05) is 209 Å². The van der Waals surface area contributed by atoms with E-state index in [4.69, 9.17) is 28.4 Å². The van der Waals surface area contributed by atoms with E-state index in [-0.39, 0.29) is 18.9 Å². The third-order valence-electron chi connectivity index (χ3n) is 16.0. The number of allylic oxidation sites excluding steroid dienone is 11. The summed E-state index contributed by atoms with van der Waals surface area (Å²) in [5.74, 6) is -0.283. The van der Waals surface area contributed by atoms with Crippen LogP contribution >= 0.6 is 0 Å². The number of rotatable bonds is 48. The van der Waals surface area contributed by atoms with Gasteiger partial charge in [-0.05, 0) is 64.2 Å². The van der Waals surface area contributed by atoms with Crippen LogP contribution in [0.5, 0.6) is 0 Å². The van der Waals surface area contributed by atoms with E-state index >= 15 is 0 Å². The second-order valence-corrected chi connectivity index (χ2v) is 23.2. The monoisotopic (exact) mass is 1210 g/mol. The highest BCUT2D eigenvalue weighted by Crippen LogP contribution is 2.33. The van der Waals surface area contributed by atoms with Crippen molar-refractivity contribution in [1.29, 1.82) is 0 Å². The number of carbonyl (C=O) groups excluding carboxylic acids is 1. The molecular formula is C66H115NO18. The molecule has 0 aromatic rings. The number of unbranched alkanes of at least 4 members (excludes halogenated alkanes) is 22. The highest BCUT2D eigenvalue weighted by Gasteiger charge is 2.53. The SMILES string of the molecule is CC/C=C\C/C=C\C/C=C\C/C=C\C/C=C\CCCCCCCCCCCCCC(=O)NC(COC1OC(CO)C(OC2OC(CO)C(OC3OC(CO)C(O)C(O)C3O)C(O)C2O)C(O)C1O)C(O)/C=C/CCCCCCCCCCCCC. The van der Waals surface area contributed by atoms with Crippen LogP contribution in [-0.2, 0) is 33.2 Å². The van der Waals surface area contributed by atoms with Gasteiger partial charge in [0.2, 0.25) is 5.91 Å². The van der Waals surface area contributed by atoms with Crippen LogP contribution in [0.1, 0.15) is 206 Å². The highest BCUT2D eigenvalue weighted by molar-refractivity contribution is 5.76. The first-order valence-corrected chi connectivity index (χ1v) is 32.7. The van der Waals surface area contributed by atoms with Crippen molar-refractivity contribution >= 4 is 5.91 Å². The van der Waals surface area contributed by atoms with E-state index in [1.807, 2.05) is 6.08 Å². The van der Waals surface area contributed by atoms with Crippen molar-refractivity contribution in [2.75, 3.05) is 26.4 Å². The van der Waals surface area contributed by atoms with Crippen molar-refractivity contribution in [1.82, 2.24) is 5.32 Å². The Morgan fingerprint density at radius 1 is 0.435 bits per heavy atom. The zero-order chi connectivity index (χ0) is 61.9. The number of nitrogens with one attached hydrogen (secondary N) is 1. The van der Waals surface area contributed by atoms with E-state index in [9.17, 15) is 61.0 Å². The van der Waals surface area contributed by atoms with Crippen molar-refractivity contribution in [3.05, 3.63) is 72.9 Å². The third kappa shape index (κ3) is 31.0. The fourth-order valence-corrected chi connectivity index (χ4v) is 10.7. The van der Waals surface area contributed by atoms with Crippen molar-refractivity contribution in [2.45, 2.75) is 311 Å². The second-order valence-electron chi connectivity index (χ2n) is 23.2. The molecule has 3 fully saturated rings. The lowest BCUT2D eigenvalue weighted by Gasteiger charge is -2.48. The number of carbonyl (C=O) groups is 1. The normalized spacial score (nSPS) is 29.4. The minimum Gasteiger partial charge on any atom is -0.394 e. The first kappa shape index (κ1) is 76.5. The lowest BCUT2D eigenvalue weighted by molar-refractivity contribution is -0.379. The summed E-state index contributed by atoms with van der Waals surface area (Å²) in [5.41, 5.74) is 0. The maximum Gasteiger partial charge on any atom is 0.220 e. The Morgan fingerprint density at radius 2 is 0.812 bits per heavy atom. The van der Waals surface area contributed by atoms with Crippen LogP contribution in [0.2, 0.25) is 0 Å². The Labute approximate surface area is 508 Å². The molecule has 3 heterocycles. The molecule has 0 aromatic carbocycles. The molecule has 17 unspecified atom stereocenters. The summed E-state index contributed by atoms with van der Waals surface area (Å²) >= 11 is 0. The summed E-state index contributed by atoms with van der Waals surface area (Å²) in [6.07, 6.45) is 31.6. The van der Waals surface area contributed by atoms with Gasteiger partial charge < -0.3 is 89.9 Å². The Hall–Kier alpha value is -2.77. The zero-order valence-corrected chi connectivity index (χ0v) is 51.6. The lowest BCUT2D eigenvalue weighted by atomic mass is 9.96. The molecule has 19 heteroatoms. The van der Waals surface area contributed by atoms with Crippen molar-refractivity contribution < 1.29 is 89.4 Å². The van der Waals surface area contributed by atoms with Crippen LogP contribution in [0, 0.1) is 0 Å². The standard InChI is InChI=1S/C66H115NO18/c1-3-5-7-9-11-13-15-17-18-19-20-21-22-23-24-25-26-27-28-29-30-32-34-36-38-40-42-44-54(72)67-49(50(71)43-41-39-37-35-33-31-16-14-12-10-8-6-4-2)48-80-64-60(78)57(75)62(52(46-69)82-64)85-66-61(79)58(76)63(53(47-70)83-66)84-65-59(77)56(74)55(73)51(45-68)81-65/h5,7,11,13,17-18,20-21,23-24,41,43,49-53,55-66,68-71,73-79H,3-4,6,8-10,12,14-16,19,22,25-40,42,44-48H2,1-2H3,(H,67,72)/b7-5-,13-11-,18-17-,21-20-,24-23-,43-41+. The highest BCUT2D eigenvalue weighted by atomic mass is 16.8. The van der Waals surface area contributed by atoms with Gasteiger partial charge in [0.05, 0.1) is 38.6 Å². The molecule has 17 atom stereocenters. The molecule has 0 saturated carbocycles. The number of aliphatic hydroxyl groups is 11. The average Bonchev–Trinajstić information content (AvgIpc) is 2.72. The van der Waals surface area contributed by atoms with E-state index in [1.165, 1.54) is 89.9 Å². The van der Waals surface area contributed by atoms with Crippen LogP contribution in [-0.4, -0.2) is 193 Å². The molecular weight excluding hydrogens is 1090 g/mol. The van der Waals surface area contributed by atoms with Gasteiger partial charge in [-0.3, -0.25) is 4.79 Å². The van der Waals surface area contributed by atoms with Crippen molar-refractivity contribution in [3.8, 4) is 0 Å². The van der Waals surface area contributed by atoms with Gasteiger partial charge >= 0.3 is 0 Å². The molecule has 3 aliphatic rings. The number of ether oxygens (including phenoxy) is 6. The van der Waals surface area contributed by atoms with Crippen LogP contribution in [0.3, 0.4) is 0 Å². The Balaban J connectivity index is 1.43. The van der Waals surface area contributed by atoms with Gasteiger partial charge in [-0.25, -0.2) is 0 Å². The van der Waals surface area contributed by atoms with Gasteiger partial charge in [0.1, 0.15) is 73.2 Å². The van der Waals surface area contributed by atoms with Gasteiger partial charge in [0, 0.05) is 6.42 Å². The second kappa shape index (κ2) is 48.1. The van der Waals surface area contributed by atoms with Crippen LogP contribution in [0.25, 0.3) is 0 Å². The van der Waals surface area contributed by atoms with E-state index in [1.54, 1.807) is 6.08 Å². The largest absolute Gasteiger partial charge is 0.394 e. The van der Waals surface area contributed by atoms with E-state index < -0.39 is 124 Å². The smallest absolute Gasteiger partial charge is 0.220 e. The molecule has 19 nitrogen and oxygen atoms in total. The first-order chi connectivity index (χ1) is 41.3. The molecule has 1 amide bonds. The quantitative estimate of drug-likeness (QED) is 0.0209. The van der Waals surface area contributed by atoms with Gasteiger partial charge in [0.25, 0.3) is 0 Å². The third-order valence-corrected chi connectivity index (χ3v) is 16.0. The molecule has 0 aliphatic carbocycles. The molecule has 85 heavy (non-hydrogen) atoms. The zero-order valence-electron chi connectivity index (χ0n) is 51.6. The van der Waals surface area contributed by atoms with E-state index in [0.717, 1.165) is 89.9 Å². The molecule has 0 aromatic heterocycles. The number of aliphatic hydroxyl groups excluding tert-OH is 11. The first-order valence-electron chi connectivity index (χ1n) is 32.7. The number of hydrogen-bond donors (Lipinski definition) is 12. The molecule has 0 spiro atoms. The van der Waals surface area contributed by atoms with Gasteiger partial charge in [0.15, 0.2) is 18.9 Å². The molecule has 3 saturated heterocycles. The average molecular weight is 1210 g/mol. The Bertz CT molecular complexity index is 1830. The van der Waals surface area contributed by atoms with Crippen molar-refractivity contribution in [2.24, 2.45) is 0 Å². The van der Waals surface area contributed by atoms with E-state index in [2.05, 4.69) is 79.9 Å². The summed E-state index contributed by atoms with van der Waals surface area (Å²) in [7, 11) is 0. The summed E-state index contributed by atoms with van der Waals surface area (Å²) in [4.78, 5) is 13.4. The molecule has 3 rings (SSSR count). The minimum absolute atomic E-state index is 0.236. The number of amides is 1. The maximum atomic E-state index is 13.4.